The molecule has 0 saturated heterocycles. The lowest BCUT2D eigenvalue weighted by Gasteiger charge is -2.36. The molecule has 1 unspecified atom stereocenters. The quantitative estimate of drug-likeness (QED) is 0.504. The number of carbonyl (C=O) groups is 1. The summed E-state index contributed by atoms with van der Waals surface area (Å²) in [4.78, 5) is 14.0. The van der Waals surface area contributed by atoms with Crippen LogP contribution in [0.2, 0.25) is 0 Å². The molecular weight excluding hydrogens is 426 g/mol. The lowest BCUT2D eigenvalue weighted by atomic mass is 9.69. The van der Waals surface area contributed by atoms with Gasteiger partial charge in [0.1, 0.15) is 16.9 Å². The Bertz CT molecular complexity index is 970. The van der Waals surface area contributed by atoms with E-state index in [-0.39, 0.29) is 11.7 Å². The molecule has 0 spiro atoms. The fourth-order valence-corrected chi connectivity index (χ4v) is 6.25. The van der Waals surface area contributed by atoms with Crippen molar-refractivity contribution < 1.29 is 4.79 Å². The predicted molar refractivity (Wildman–Crippen MR) is 128 cm³/mol. The first-order valence-electron chi connectivity index (χ1n) is 11.2. The Morgan fingerprint density at radius 3 is 2.77 bits per heavy atom. The van der Waals surface area contributed by atoms with Crippen molar-refractivity contribution in [2.75, 3.05) is 11.1 Å². The second-order valence-electron chi connectivity index (χ2n) is 8.84. The van der Waals surface area contributed by atoms with E-state index < -0.39 is 0 Å². The van der Waals surface area contributed by atoms with Crippen molar-refractivity contribution in [1.29, 1.82) is 5.26 Å². The molecule has 168 valence electrons. The number of thioether (sulfide) groups is 1. The zero-order chi connectivity index (χ0) is 22.6. The summed E-state index contributed by atoms with van der Waals surface area (Å²) in [5.74, 6) is 1.72. The van der Waals surface area contributed by atoms with Crippen molar-refractivity contribution in [3.8, 4) is 6.07 Å². The zero-order valence-corrected chi connectivity index (χ0v) is 20.9. The maximum Gasteiger partial charge on any atom is 0.235 e. The molecule has 2 aromatic heterocycles. The third-order valence-electron chi connectivity index (χ3n) is 6.54. The number of carbonyl (C=O) groups excluding carboxylic acids is 1. The molecule has 2 heterocycles. The van der Waals surface area contributed by atoms with Crippen molar-refractivity contribution in [3.05, 3.63) is 21.8 Å². The largest absolute Gasteiger partial charge is 0.316 e. The number of nitrogens with zero attached hydrogens (tertiary/aromatic N) is 4. The van der Waals surface area contributed by atoms with Gasteiger partial charge in [0.15, 0.2) is 5.16 Å². The number of aromatic nitrogens is 3. The van der Waals surface area contributed by atoms with Crippen molar-refractivity contribution in [3.63, 3.8) is 0 Å². The molecule has 8 heteroatoms. The van der Waals surface area contributed by atoms with Gasteiger partial charge in [-0.1, -0.05) is 52.8 Å². The van der Waals surface area contributed by atoms with E-state index in [0.717, 1.165) is 61.6 Å². The Morgan fingerprint density at radius 1 is 1.35 bits per heavy atom. The van der Waals surface area contributed by atoms with Crippen LogP contribution in [0.5, 0.6) is 0 Å². The van der Waals surface area contributed by atoms with Gasteiger partial charge < -0.3 is 9.88 Å². The van der Waals surface area contributed by atoms with Gasteiger partial charge in [-0.25, -0.2) is 0 Å². The van der Waals surface area contributed by atoms with Gasteiger partial charge in [-0.05, 0) is 42.6 Å². The molecule has 0 saturated carbocycles. The molecule has 2 aromatic rings. The number of anilines is 1. The summed E-state index contributed by atoms with van der Waals surface area (Å²) in [5, 5.41) is 22.8. The summed E-state index contributed by atoms with van der Waals surface area (Å²) in [6, 6.07) is 2.35. The van der Waals surface area contributed by atoms with E-state index >= 15 is 0 Å². The van der Waals surface area contributed by atoms with Gasteiger partial charge >= 0.3 is 0 Å². The third-order valence-corrected chi connectivity index (χ3v) is 8.67. The van der Waals surface area contributed by atoms with Crippen LogP contribution in [-0.2, 0) is 30.6 Å². The third kappa shape index (κ3) is 5.15. The highest BCUT2D eigenvalue weighted by Gasteiger charge is 2.34. The van der Waals surface area contributed by atoms with Crippen LogP contribution in [0, 0.1) is 22.7 Å². The summed E-state index contributed by atoms with van der Waals surface area (Å²) in [6.07, 6.45) is 5.99. The fraction of sp³-hybridized carbons (Fsp3) is 0.652. The lowest BCUT2D eigenvalue weighted by molar-refractivity contribution is -0.113. The molecule has 3 rings (SSSR count). The van der Waals surface area contributed by atoms with E-state index in [2.05, 4.69) is 60.8 Å². The van der Waals surface area contributed by atoms with E-state index in [1.165, 1.54) is 16.6 Å². The average molecular weight is 460 g/mol. The fourth-order valence-electron chi connectivity index (χ4n) is 4.18. The van der Waals surface area contributed by atoms with E-state index in [0.29, 0.717) is 21.9 Å². The van der Waals surface area contributed by atoms with Crippen LogP contribution in [0.3, 0.4) is 0 Å². The van der Waals surface area contributed by atoms with Gasteiger partial charge in [-0.2, -0.15) is 5.26 Å². The summed E-state index contributed by atoms with van der Waals surface area (Å²) in [5.41, 5.74) is 2.10. The van der Waals surface area contributed by atoms with Crippen LogP contribution >= 0.6 is 23.1 Å². The minimum Gasteiger partial charge on any atom is -0.316 e. The van der Waals surface area contributed by atoms with E-state index in [1.54, 1.807) is 11.3 Å². The molecule has 1 N–H and O–H groups in total. The number of rotatable bonds is 9. The Morgan fingerprint density at radius 2 is 2.13 bits per heavy atom. The van der Waals surface area contributed by atoms with E-state index in [4.69, 9.17) is 0 Å². The van der Waals surface area contributed by atoms with E-state index in [1.807, 2.05) is 0 Å². The molecule has 1 aliphatic rings. The molecular formula is C23H33N5OS2. The van der Waals surface area contributed by atoms with Crippen molar-refractivity contribution in [1.82, 2.24) is 14.8 Å². The molecule has 1 atom stereocenters. The van der Waals surface area contributed by atoms with Gasteiger partial charge in [0, 0.05) is 17.8 Å². The predicted octanol–water partition coefficient (Wildman–Crippen LogP) is 5.46. The number of nitriles is 1. The number of nitrogens with one attached hydrogen (secondary N) is 1. The lowest BCUT2D eigenvalue weighted by Crippen LogP contribution is -2.28. The molecule has 0 bridgehead atoms. The second-order valence-corrected chi connectivity index (χ2v) is 10.9. The summed E-state index contributed by atoms with van der Waals surface area (Å²) >= 11 is 2.99. The molecule has 1 amide bonds. The molecule has 0 aliphatic heterocycles. The van der Waals surface area contributed by atoms with Crippen molar-refractivity contribution in [2.45, 2.75) is 84.8 Å². The molecule has 6 nitrogen and oxygen atoms in total. The van der Waals surface area contributed by atoms with Gasteiger partial charge in [0.2, 0.25) is 5.91 Å². The first kappa shape index (κ1) is 23.8. The zero-order valence-electron chi connectivity index (χ0n) is 19.2. The van der Waals surface area contributed by atoms with Gasteiger partial charge in [0.25, 0.3) is 0 Å². The van der Waals surface area contributed by atoms with Gasteiger partial charge in [-0.3, -0.25) is 4.79 Å². The topological polar surface area (TPSA) is 83.6 Å². The first-order chi connectivity index (χ1) is 14.8. The normalized spacial score (nSPS) is 16.1. The monoisotopic (exact) mass is 459 g/mol. The molecule has 0 radical (unpaired) electrons. The van der Waals surface area contributed by atoms with Crippen molar-refractivity contribution in [2.24, 2.45) is 11.3 Å². The number of aryl methyl sites for hydroxylation is 1. The smallest absolute Gasteiger partial charge is 0.235 e. The molecule has 31 heavy (non-hydrogen) atoms. The van der Waals surface area contributed by atoms with Crippen LogP contribution in [-0.4, -0.2) is 26.4 Å². The van der Waals surface area contributed by atoms with Crippen LogP contribution < -0.4 is 5.32 Å². The SMILES string of the molecule is CCCn1c(CC)nnc1SCC(=O)Nc1sc2c(c1C#N)CCC(C(C)(C)CC)C2. The average Bonchev–Trinajstić information content (AvgIpc) is 3.31. The number of amides is 1. The maximum atomic E-state index is 12.7. The molecule has 0 aromatic carbocycles. The van der Waals surface area contributed by atoms with Crippen LogP contribution in [0.25, 0.3) is 0 Å². The minimum atomic E-state index is -0.102. The van der Waals surface area contributed by atoms with Crippen molar-refractivity contribution >= 4 is 34.0 Å². The number of thiophene rings is 1. The summed E-state index contributed by atoms with van der Waals surface area (Å²) in [7, 11) is 0. The van der Waals surface area contributed by atoms with Crippen LogP contribution in [0.1, 0.15) is 75.7 Å². The summed E-state index contributed by atoms with van der Waals surface area (Å²) in [6.45, 7) is 12.0. The number of hydrogen-bond acceptors (Lipinski definition) is 6. The highest BCUT2D eigenvalue weighted by atomic mass is 32.2. The van der Waals surface area contributed by atoms with Gasteiger partial charge in [0.05, 0.1) is 11.3 Å². The number of fused-ring (bicyclic) bond motifs is 1. The Balaban J connectivity index is 1.69. The minimum absolute atomic E-state index is 0.102. The van der Waals surface area contributed by atoms with Gasteiger partial charge in [-0.15, -0.1) is 21.5 Å². The second kappa shape index (κ2) is 10.2. The highest BCUT2D eigenvalue weighted by molar-refractivity contribution is 7.99. The highest BCUT2D eigenvalue weighted by Crippen LogP contribution is 2.45. The molecule has 0 fully saturated rings. The Labute approximate surface area is 193 Å². The molecule has 1 aliphatic carbocycles. The standard InChI is InChI=1S/C23H33N5OS2/c1-6-11-28-19(7-2)26-27-22(28)30-14-20(29)25-21-17(13-24)16-10-9-15(12-18(16)31-21)23(4,5)8-3/h15H,6-12,14H2,1-5H3,(H,25,29). The first-order valence-corrected chi connectivity index (χ1v) is 13.0. The van der Waals surface area contributed by atoms with Crippen LogP contribution in [0.4, 0.5) is 5.00 Å². The van der Waals surface area contributed by atoms with Crippen LogP contribution in [0.15, 0.2) is 5.16 Å². The maximum absolute atomic E-state index is 12.7. The Hall–Kier alpha value is -1.85. The Kier molecular flexibility index (Phi) is 7.82. The summed E-state index contributed by atoms with van der Waals surface area (Å²) < 4.78 is 2.10. The number of hydrogen-bond donors (Lipinski definition) is 1. The van der Waals surface area contributed by atoms with E-state index in [9.17, 15) is 10.1 Å².